The third-order valence-electron chi connectivity index (χ3n) is 2.59. The molecule has 100 valence electrons. The van der Waals surface area contributed by atoms with Gasteiger partial charge in [-0.05, 0) is 25.1 Å². The predicted molar refractivity (Wildman–Crippen MR) is 75.9 cm³/mol. The summed E-state index contributed by atoms with van der Waals surface area (Å²) in [5.41, 5.74) is 0.367. The molecule has 1 heterocycles. The van der Waals surface area contributed by atoms with Crippen molar-refractivity contribution in [2.24, 2.45) is 4.99 Å². The van der Waals surface area contributed by atoms with Crippen LogP contribution < -0.4 is 9.54 Å². The Morgan fingerprint density at radius 2 is 2.32 bits per heavy atom. The van der Waals surface area contributed by atoms with E-state index < -0.39 is 0 Å². The number of nitrogens with zero attached hydrogens (tertiary/aromatic N) is 2. The van der Waals surface area contributed by atoms with Crippen molar-refractivity contribution in [3.63, 3.8) is 0 Å². The van der Waals surface area contributed by atoms with Gasteiger partial charge in [0.1, 0.15) is 5.75 Å². The van der Waals surface area contributed by atoms with Crippen molar-refractivity contribution in [2.45, 2.75) is 13.5 Å². The second kappa shape index (κ2) is 6.04. The fraction of sp³-hybridized carbons (Fsp3) is 0.231. The Morgan fingerprint density at radius 1 is 1.53 bits per heavy atom. The fourth-order valence-corrected chi connectivity index (χ4v) is 2.58. The first-order chi connectivity index (χ1) is 9.15. The van der Waals surface area contributed by atoms with Crippen molar-refractivity contribution in [3.8, 4) is 5.75 Å². The molecule has 0 N–H and O–H groups in total. The minimum atomic E-state index is -0.357. The number of carbonyl (C=O) groups is 1. The van der Waals surface area contributed by atoms with Crippen molar-refractivity contribution >= 4 is 28.8 Å². The molecule has 4 nitrogen and oxygen atoms in total. The first kappa shape index (κ1) is 13.8. The van der Waals surface area contributed by atoms with Crippen molar-refractivity contribution in [1.29, 1.82) is 0 Å². The Bertz CT molecular complexity index is 661. The van der Waals surface area contributed by atoms with Gasteiger partial charge in [-0.15, -0.1) is 11.3 Å². The zero-order chi connectivity index (χ0) is 13.8. The molecule has 19 heavy (non-hydrogen) atoms. The molecule has 1 aromatic carbocycles. The lowest BCUT2D eigenvalue weighted by atomic mass is 10.2. The first-order valence-electron chi connectivity index (χ1n) is 5.72. The van der Waals surface area contributed by atoms with Crippen LogP contribution in [0.1, 0.15) is 17.3 Å². The SMILES string of the molecule is CCn1ccsc1=NC(=O)c1cc(Cl)ccc1OC. The molecule has 2 rings (SSSR count). The van der Waals surface area contributed by atoms with E-state index >= 15 is 0 Å². The monoisotopic (exact) mass is 296 g/mol. The van der Waals surface area contributed by atoms with Gasteiger partial charge in [0.05, 0.1) is 12.7 Å². The quantitative estimate of drug-likeness (QED) is 0.874. The van der Waals surface area contributed by atoms with Crippen molar-refractivity contribution in [1.82, 2.24) is 4.57 Å². The minimum Gasteiger partial charge on any atom is -0.496 e. The van der Waals surface area contributed by atoms with Gasteiger partial charge in [0.2, 0.25) is 0 Å². The van der Waals surface area contributed by atoms with Crippen LogP contribution in [-0.2, 0) is 6.54 Å². The maximum Gasteiger partial charge on any atom is 0.283 e. The van der Waals surface area contributed by atoms with Gasteiger partial charge < -0.3 is 9.30 Å². The predicted octanol–water partition coefficient (Wildman–Crippen LogP) is 2.97. The number of amides is 1. The zero-order valence-electron chi connectivity index (χ0n) is 10.6. The summed E-state index contributed by atoms with van der Waals surface area (Å²) >= 11 is 7.32. The summed E-state index contributed by atoms with van der Waals surface area (Å²) in [7, 11) is 1.51. The van der Waals surface area contributed by atoms with Crippen LogP contribution in [0.25, 0.3) is 0 Å². The highest BCUT2D eigenvalue weighted by atomic mass is 35.5. The summed E-state index contributed by atoms with van der Waals surface area (Å²) in [6.45, 7) is 2.76. The van der Waals surface area contributed by atoms with Gasteiger partial charge >= 0.3 is 0 Å². The van der Waals surface area contributed by atoms with Crippen LogP contribution in [0.3, 0.4) is 0 Å². The average molecular weight is 297 g/mol. The van der Waals surface area contributed by atoms with E-state index in [0.29, 0.717) is 21.1 Å². The molecule has 1 aromatic heterocycles. The molecule has 2 aromatic rings. The molecule has 0 saturated heterocycles. The zero-order valence-corrected chi connectivity index (χ0v) is 12.2. The van der Waals surface area contributed by atoms with Crippen LogP contribution in [0.4, 0.5) is 0 Å². The van der Waals surface area contributed by atoms with Crippen LogP contribution in [0.5, 0.6) is 5.75 Å². The van der Waals surface area contributed by atoms with Gasteiger partial charge in [0.15, 0.2) is 4.80 Å². The number of hydrogen-bond acceptors (Lipinski definition) is 3. The standard InChI is InChI=1S/C13H13ClN2O2S/c1-3-16-6-7-19-13(16)15-12(17)10-8-9(14)4-5-11(10)18-2/h4-8H,3H2,1-2H3. The molecule has 0 radical (unpaired) electrons. The highest BCUT2D eigenvalue weighted by Gasteiger charge is 2.12. The van der Waals surface area contributed by atoms with Crippen LogP contribution in [-0.4, -0.2) is 17.6 Å². The van der Waals surface area contributed by atoms with Crippen LogP contribution >= 0.6 is 22.9 Å². The van der Waals surface area contributed by atoms with Crippen molar-refractivity contribution in [2.75, 3.05) is 7.11 Å². The summed E-state index contributed by atoms with van der Waals surface area (Å²) in [5.74, 6) is 0.113. The number of thiazole rings is 1. The van der Waals surface area contributed by atoms with E-state index in [1.54, 1.807) is 18.2 Å². The normalized spacial score (nSPS) is 11.6. The minimum absolute atomic E-state index is 0.357. The topological polar surface area (TPSA) is 43.6 Å². The van der Waals surface area contributed by atoms with Gasteiger partial charge in [0, 0.05) is 23.1 Å². The summed E-state index contributed by atoms with van der Waals surface area (Å²) in [6, 6.07) is 4.90. The summed E-state index contributed by atoms with van der Waals surface area (Å²) in [4.78, 5) is 17.0. The highest BCUT2D eigenvalue weighted by molar-refractivity contribution is 7.07. The molecule has 6 heteroatoms. The van der Waals surface area contributed by atoms with E-state index in [4.69, 9.17) is 16.3 Å². The maximum atomic E-state index is 12.2. The molecule has 0 spiro atoms. The molecule has 0 aliphatic rings. The van der Waals surface area contributed by atoms with Gasteiger partial charge in [-0.25, -0.2) is 0 Å². The Kier molecular flexibility index (Phi) is 4.39. The Hall–Kier alpha value is -1.59. The molecule has 1 amide bonds. The number of methoxy groups -OCH3 is 1. The van der Waals surface area contributed by atoms with E-state index in [1.165, 1.54) is 18.4 Å². The smallest absolute Gasteiger partial charge is 0.283 e. The second-order valence-electron chi connectivity index (χ2n) is 3.73. The third-order valence-corrected chi connectivity index (χ3v) is 3.62. The molecule has 0 aliphatic carbocycles. The number of rotatable bonds is 3. The highest BCUT2D eigenvalue weighted by Crippen LogP contribution is 2.23. The number of halogens is 1. The summed E-state index contributed by atoms with van der Waals surface area (Å²) < 4.78 is 7.06. The largest absolute Gasteiger partial charge is 0.496 e. The summed E-state index contributed by atoms with van der Waals surface area (Å²) in [5, 5.41) is 2.37. The Morgan fingerprint density at radius 3 is 3.00 bits per heavy atom. The first-order valence-corrected chi connectivity index (χ1v) is 6.98. The molecule has 0 atom stereocenters. The lowest BCUT2D eigenvalue weighted by Gasteiger charge is -2.05. The van der Waals surface area contributed by atoms with E-state index in [9.17, 15) is 4.79 Å². The van der Waals surface area contributed by atoms with Gasteiger partial charge in [-0.3, -0.25) is 4.79 Å². The van der Waals surface area contributed by atoms with E-state index in [1.807, 2.05) is 23.1 Å². The molecule has 0 bridgehead atoms. The maximum absolute atomic E-state index is 12.2. The second-order valence-corrected chi connectivity index (χ2v) is 5.04. The molecular weight excluding hydrogens is 284 g/mol. The van der Waals surface area contributed by atoms with E-state index in [0.717, 1.165) is 6.54 Å². The number of ether oxygens (including phenoxy) is 1. The van der Waals surface area contributed by atoms with E-state index in [2.05, 4.69) is 4.99 Å². The van der Waals surface area contributed by atoms with Crippen LogP contribution in [0, 0.1) is 0 Å². The fourth-order valence-electron chi connectivity index (χ4n) is 1.62. The number of carbonyl (C=O) groups excluding carboxylic acids is 1. The lowest BCUT2D eigenvalue weighted by Crippen LogP contribution is -2.15. The lowest BCUT2D eigenvalue weighted by molar-refractivity contribution is 0.0995. The Balaban J connectivity index is 2.46. The number of benzene rings is 1. The van der Waals surface area contributed by atoms with Crippen LogP contribution in [0.2, 0.25) is 5.02 Å². The van der Waals surface area contributed by atoms with Gasteiger partial charge in [0.25, 0.3) is 5.91 Å². The molecule has 0 unspecified atom stereocenters. The molecule has 0 saturated carbocycles. The summed E-state index contributed by atoms with van der Waals surface area (Å²) in [6.07, 6.45) is 1.89. The van der Waals surface area contributed by atoms with Crippen molar-refractivity contribution < 1.29 is 9.53 Å². The van der Waals surface area contributed by atoms with Crippen LogP contribution in [0.15, 0.2) is 34.8 Å². The number of aromatic nitrogens is 1. The molecule has 0 aliphatic heterocycles. The Labute approximate surface area is 119 Å². The number of hydrogen-bond donors (Lipinski definition) is 0. The third kappa shape index (κ3) is 3.05. The van der Waals surface area contributed by atoms with Crippen molar-refractivity contribution in [3.05, 3.63) is 45.2 Å². The average Bonchev–Trinajstić information content (AvgIpc) is 2.85. The number of aryl methyl sites for hydroxylation is 1. The molecular formula is C13H13ClN2O2S. The molecule has 0 fully saturated rings. The van der Waals surface area contributed by atoms with Gasteiger partial charge in [-0.1, -0.05) is 11.6 Å². The van der Waals surface area contributed by atoms with Gasteiger partial charge in [-0.2, -0.15) is 4.99 Å². The van der Waals surface area contributed by atoms with E-state index in [-0.39, 0.29) is 5.91 Å².